The minimum Gasteiger partial charge on any atom is -0.454 e. The van der Waals surface area contributed by atoms with Crippen LogP contribution in [0.4, 0.5) is 11.4 Å². The third-order valence-corrected chi connectivity index (χ3v) is 11.4. The van der Waals surface area contributed by atoms with E-state index in [9.17, 15) is 9.59 Å². The Morgan fingerprint density at radius 3 is 2.40 bits per heavy atom. The number of aromatic nitrogens is 5. The van der Waals surface area contributed by atoms with Crippen LogP contribution < -0.4 is 19.9 Å². The molecule has 0 unspecified atom stereocenters. The lowest BCUT2D eigenvalue weighted by Gasteiger charge is -2.43. The first-order valence-electron chi connectivity index (χ1n) is 18.2. The summed E-state index contributed by atoms with van der Waals surface area (Å²) in [6.07, 6.45) is 7.01. The number of piperidine rings is 2. The second-order valence-corrected chi connectivity index (χ2v) is 15.3. The molecule has 0 spiro atoms. The third kappa shape index (κ3) is 7.03. The molecule has 0 radical (unpaired) electrons. The van der Waals surface area contributed by atoms with Crippen molar-refractivity contribution in [3.63, 3.8) is 0 Å². The largest absolute Gasteiger partial charge is 0.454 e. The summed E-state index contributed by atoms with van der Waals surface area (Å²) >= 11 is 3.63. The fourth-order valence-electron chi connectivity index (χ4n) is 8.04. The van der Waals surface area contributed by atoms with Crippen molar-refractivity contribution in [2.24, 2.45) is 13.0 Å². The molecular formula is C39H44BrN9O3. The molecule has 3 aliphatic heterocycles. The SMILES string of the molecule is Cc1nn(C)cc1-c1nc2ncc(Br)c(Oc3ccc(N4CCN(CC5CCN(c6ccc([C@H]7CCC(=O)NC7=O)cc6)CC5)C[C@@H]4C)cc3)c2[nH]1. The van der Waals surface area contributed by atoms with Crippen LogP contribution in [0.5, 0.6) is 11.5 Å². The molecule has 270 valence electrons. The Hall–Kier alpha value is -4.75. The van der Waals surface area contributed by atoms with E-state index in [1.165, 1.54) is 24.2 Å². The highest BCUT2D eigenvalue weighted by molar-refractivity contribution is 9.10. The predicted octanol–water partition coefficient (Wildman–Crippen LogP) is 6.17. The Morgan fingerprint density at radius 1 is 0.962 bits per heavy atom. The summed E-state index contributed by atoms with van der Waals surface area (Å²) in [4.78, 5) is 44.0. The number of anilines is 2. The van der Waals surface area contributed by atoms with E-state index in [-0.39, 0.29) is 17.7 Å². The number of aryl methyl sites for hydroxylation is 2. The molecule has 3 fully saturated rings. The van der Waals surface area contributed by atoms with Crippen molar-refractivity contribution in [2.45, 2.75) is 51.5 Å². The maximum atomic E-state index is 12.3. The topological polar surface area (TPSA) is 125 Å². The van der Waals surface area contributed by atoms with Gasteiger partial charge < -0.3 is 19.5 Å². The molecule has 5 aromatic rings. The lowest BCUT2D eigenvalue weighted by molar-refractivity contribution is -0.134. The summed E-state index contributed by atoms with van der Waals surface area (Å²) in [6, 6.07) is 17.2. The van der Waals surface area contributed by atoms with Crippen LogP contribution in [0.2, 0.25) is 0 Å². The molecule has 3 saturated heterocycles. The maximum absolute atomic E-state index is 12.3. The molecule has 52 heavy (non-hydrogen) atoms. The van der Waals surface area contributed by atoms with E-state index in [0.29, 0.717) is 42.0 Å². The van der Waals surface area contributed by atoms with E-state index in [2.05, 4.69) is 94.3 Å². The highest BCUT2D eigenvalue weighted by Gasteiger charge is 2.30. The van der Waals surface area contributed by atoms with Crippen LogP contribution in [0, 0.1) is 12.8 Å². The number of hydrogen-bond acceptors (Lipinski definition) is 9. The highest BCUT2D eigenvalue weighted by Crippen LogP contribution is 2.37. The zero-order valence-corrected chi connectivity index (χ0v) is 31.4. The van der Waals surface area contributed by atoms with Crippen molar-refractivity contribution in [1.82, 2.24) is 34.9 Å². The van der Waals surface area contributed by atoms with Crippen LogP contribution in [-0.4, -0.2) is 86.8 Å². The predicted molar refractivity (Wildman–Crippen MR) is 205 cm³/mol. The van der Waals surface area contributed by atoms with Gasteiger partial charge in [-0.25, -0.2) is 9.97 Å². The fourth-order valence-corrected chi connectivity index (χ4v) is 8.43. The summed E-state index contributed by atoms with van der Waals surface area (Å²) in [5.41, 5.74) is 6.54. The second-order valence-electron chi connectivity index (χ2n) is 14.4. The van der Waals surface area contributed by atoms with Gasteiger partial charge in [-0.3, -0.25) is 24.5 Å². The second kappa shape index (κ2) is 14.3. The first-order valence-corrected chi connectivity index (χ1v) is 19.0. The Kier molecular flexibility index (Phi) is 9.47. The average molecular weight is 767 g/mol. The third-order valence-electron chi connectivity index (χ3n) is 10.8. The van der Waals surface area contributed by atoms with Gasteiger partial charge in [0.15, 0.2) is 11.4 Å². The van der Waals surface area contributed by atoms with Gasteiger partial charge in [-0.2, -0.15) is 5.10 Å². The number of nitrogens with one attached hydrogen (secondary N) is 2. The Labute approximate surface area is 311 Å². The highest BCUT2D eigenvalue weighted by atomic mass is 79.9. The molecule has 2 atom stereocenters. The van der Waals surface area contributed by atoms with E-state index in [1.54, 1.807) is 10.9 Å². The zero-order valence-electron chi connectivity index (χ0n) is 29.8. The number of imidazole rings is 1. The first kappa shape index (κ1) is 34.3. The zero-order chi connectivity index (χ0) is 35.9. The number of rotatable bonds is 8. The minimum atomic E-state index is -0.235. The van der Waals surface area contributed by atoms with Crippen molar-refractivity contribution in [1.29, 1.82) is 0 Å². The van der Waals surface area contributed by atoms with Crippen molar-refractivity contribution in [3.05, 3.63) is 76.7 Å². The summed E-state index contributed by atoms with van der Waals surface area (Å²) in [7, 11) is 1.90. The molecular weight excluding hydrogens is 722 g/mol. The van der Waals surface area contributed by atoms with Crippen LogP contribution in [0.1, 0.15) is 49.8 Å². The lowest BCUT2D eigenvalue weighted by Crippen LogP contribution is -2.53. The molecule has 2 aromatic carbocycles. The lowest BCUT2D eigenvalue weighted by atomic mass is 9.90. The molecule has 0 saturated carbocycles. The van der Waals surface area contributed by atoms with Gasteiger partial charge >= 0.3 is 0 Å². The number of carbonyl (C=O) groups is 2. The van der Waals surface area contributed by atoms with E-state index in [0.717, 1.165) is 71.8 Å². The molecule has 0 bridgehead atoms. The van der Waals surface area contributed by atoms with Crippen molar-refractivity contribution in [3.8, 4) is 22.9 Å². The van der Waals surface area contributed by atoms with Gasteiger partial charge in [0, 0.05) is 82.5 Å². The van der Waals surface area contributed by atoms with Crippen LogP contribution in [0.15, 0.2) is 65.4 Å². The number of halogens is 1. The molecule has 13 heteroatoms. The minimum absolute atomic E-state index is 0.173. The molecule has 12 nitrogen and oxygen atoms in total. The molecule has 3 aliphatic rings. The number of amides is 2. The van der Waals surface area contributed by atoms with Gasteiger partial charge in [0.1, 0.15) is 17.1 Å². The van der Waals surface area contributed by atoms with E-state index in [4.69, 9.17) is 9.72 Å². The summed E-state index contributed by atoms with van der Waals surface area (Å²) in [5.74, 6) is 2.20. The van der Waals surface area contributed by atoms with Gasteiger partial charge in [0.05, 0.1) is 21.6 Å². The number of piperazine rings is 1. The molecule has 2 amide bonds. The van der Waals surface area contributed by atoms with Crippen molar-refractivity contribution < 1.29 is 14.3 Å². The number of imide groups is 1. The van der Waals surface area contributed by atoms with E-state index >= 15 is 0 Å². The Balaban J connectivity index is 0.836. The average Bonchev–Trinajstić information content (AvgIpc) is 3.72. The standard InChI is InChI=1S/C39H44BrN9O3/c1-24-21-47(22-26-14-16-48(17-15-26)28-6-4-27(5-7-28)31-12-13-34(50)42-39(31)51)18-19-49(24)29-8-10-30(11-9-29)52-36-33(40)20-41-38-35(36)43-37(44-38)32-23-46(3)45-25(32)2/h4-11,20,23-24,26,31H,12-19,21-22H2,1-3H3,(H,41,43,44)(H,42,50,51)/t24-,31+/m0/s1. The summed E-state index contributed by atoms with van der Waals surface area (Å²) in [6.45, 7) is 10.6. The van der Waals surface area contributed by atoms with E-state index < -0.39 is 0 Å². The molecule has 0 aliphatic carbocycles. The molecule has 8 rings (SSSR count). The summed E-state index contributed by atoms with van der Waals surface area (Å²) in [5, 5.41) is 6.92. The number of pyridine rings is 1. The van der Waals surface area contributed by atoms with Gasteiger partial charge in [-0.15, -0.1) is 0 Å². The number of ether oxygens (including phenoxy) is 1. The fraction of sp³-hybridized carbons (Fsp3) is 0.410. The van der Waals surface area contributed by atoms with Crippen LogP contribution in [-0.2, 0) is 16.6 Å². The van der Waals surface area contributed by atoms with Gasteiger partial charge in [0.25, 0.3) is 0 Å². The maximum Gasteiger partial charge on any atom is 0.234 e. The van der Waals surface area contributed by atoms with Gasteiger partial charge in [-0.1, -0.05) is 12.1 Å². The van der Waals surface area contributed by atoms with Crippen molar-refractivity contribution >= 4 is 50.3 Å². The van der Waals surface area contributed by atoms with Gasteiger partial charge in [0.2, 0.25) is 11.8 Å². The Morgan fingerprint density at radius 2 is 1.71 bits per heavy atom. The number of H-pyrrole nitrogens is 1. The quantitative estimate of drug-likeness (QED) is 0.179. The van der Waals surface area contributed by atoms with E-state index in [1.807, 2.05) is 32.3 Å². The van der Waals surface area contributed by atoms with Gasteiger partial charge in [-0.05, 0) is 96.9 Å². The molecule has 2 N–H and O–H groups in total. The monoisotopic (exact) mass is 765 g/mol. The number of carbonyl (C=O) groups excluding carboxylic acids is 2. The summed E-state index contributed by atoms with van der Waals surface area (Å²) < 4.78 is 8.95. The smallest absolute Gasteiger partial charge is 0.234 e. The van der Waals surface area contributed by atoms with Crippen molar-refractivity contribution in [2.75, 3.05) is 49.1 Å². The number of nitrogens with zero attached hydrogens (tertiary/aromatic N) is 7. The normalized spacial score (nSPS) is 20.5. The first-order chi connectivity index (χ1) is 25.2. The van der Waals surface area contributed by atoms with Crippen LogP contribution in [0.25, 0.3) is 22.6 Å². The number of aromatic amines is 1. The molecule has 3 aromatic heterocycles. The number of fused-ring (bicyclic) bond motifs is 1. The van der Waals surface area contributed by atoms with Crippen LogP contribution in [0.3, 0.4) is 0 Å². The Bertz CT molecular complexity index is 2090. The number of benzene rings is 2. The molecule has 6 heterocycles. The van der Waals surface area contributed by atoms with Crippen LogP contribution >= 0.6 is 15.9 Å². The number of hydrogen-bond donors (Lipinski definition) is 2.